The summed E-state index contributed by atoms with van der Waals surface area (Å²) in [6.45, 7) is 1.41. The molecule has 0 unspecified atom stereocenters. The summed E-state index contributed by atoms with van der Waals surface area (Å²) in [5, 5.41) is 0. The zero-order valence-corrected chi connectivity index (χ0v) is 12.0. The fraction of sp³-hybridized carbons (Fsp3) is 0.0714. The van der Waals surface area contributed by atoms with E-state index in [1.54, 1.807) is 22.6 Å². The first-order valence-electron chi connectivity index (χ1n) is 5.36. The molecule has 2 rings (SSSR count). The number of ketones is 1. The highest BCUT2D eigenvalue weighted by Crippen LogP contribution is 2.22. The first-order chi connectivity index (χ1) is 8.91. The molecule has 0 aliphatic carbocycles. The van der Waals surface area contributed by atoms with Gasteiger partial charge in [-0.2, -0.15) is 0 Å². The molecule has 0 N–H and O–H groups in total. The van der Waals surface area contributed by atoms with Crippen LogP contribution < -0.4 is 0 Å². The van der Waals surface area contributed by atoms with Gasteiger partial charge in [0, 0.05) is 9.13 Å². The zero-order chi connectivity index (χ0) is 14.2. The maximum absolute atomic E-state index is 13.7. The minimum absolute atomic E-state index is 0.128. The van der Waals surface area contributed by atoms with Crippen molar-refractivity contribution >= 4 is 28.4 Å². The largest absolute Gasteiger partial charge is 0.288 e. The van der Waals surface area contributed by atoms with Gasteiger partial charge in [0.05, 0.1) is 5.56 Å². The Morgan fingerprint density at radius 3 is 2.26 bits per heavy atom. The average molecular weight is 376 g/mol. The highest BCUT2D eigenvalue weighted by atomic mass is 127. The highest BCUT2D eigenvalue weighted by molar-refractivity contribution is 14.1. The molecule has 1 nitrogen and oxygen atoms in total. The van der Waals surface area contributed by atoms with E-state index in [9.17, 15) is 18.0 Å². The SMILES string of the molecule is Cc1ccc(C(=O)c2ccc(F)cc2I)c(F)c1F. The molecule has 98 valence electrons. The second kappa shape index (κ2) is 5.32. The van der Waals surface area contributed by atoms with Gasteiger partial charge in [-0.25, -0.2) is 13.2 Å². The van der Waals surface area contributed by atoms with Crippen LogP contribution in [0.4, 0.5) is 13.2 Å². The summed E-state index contributed by atoms with van der Waals surface area (Å²) >= 11 is 1.78. The van der Waals surface area contributed by atoms with E-state index in [4.69, 9.17) is 0 Å². The molecule has 2 aromatic rings. The minimum atomic E-state index is -1.18. The Labute approximate surface area is 121 Å². The van der Waals surface area contributed by atoms with Crippen LogP contribution in [0.25, 0.3) is 0 Å². The Bertz CT molecular complexity index is 668. The highest BCUT2D eigenvalue weighted by Gasteiger charge is 2.20. The topological polar surface area (TPSA) is 17.1 Å². The van der Waals surface area contributed by atoms with E-state index in [1.165, 1.54) is 25.1 Å². The summed E-state index contributed by atoms with van der Waals surface area (Å²) in [6, 6.07) is 6.10. The van der Waals surface area contributed by atoms with Crippen molar-refractivity contribution in [2.24, 2.45) is 0 Å². The second-order valence-corrected chi connectivity index (χ2v) is 5.17. The minimum Gasteiger partial charge on any atom is -0.288 e. The molecule has 0 aliphatic rings. The lowest BCUT2D eigenvalue weighted by Gasteiger charge is -2.07. The Morgan fingerprint density at radius 2 is 1.63 bits per heavy atom. The monoisotopic (exact) mass is 376 g/mol. The van der Waals surface area contributed by atoms with Gasteiger partial charge < -0.3 is 0 Å². The summed E-state index contributed by atoms with van der Waals surface area (Å²) < 4.78 is 40.5. The molecule has 2 aromatic carbocycles. The van der Waals surface area contributed by atoms with E-state index < -0.39 is 23.2 Å². The average Bonchev–Trinajstić information content (AvgIpc) is 2.35. The Kier molecular flexibility index (Phi) is 3.93. The van der Waals surface area contributed by atoms with E-state index >= 15 is 0 Å². The molecule has 5 heteroatoms. The van der Waals surface area contributed by atoms with Crippen molar-refractivity contribution in [2.75, 3.05) is 0 Å². The molecule has 0 aliphatic heterocycles. The van der Waals surface area contributed by atoms with Crippen molar-refractivity contribution in [3.8, 4) is 0 Å². The van der Waals surface area contributed by atoms with Crippen LogP contribution in [0.5, 0.6) is 0 Å². The van der Waals surface area contributed by atoms with Crippen molar-refractivity contribution in [3.05, 3.63) is 68.0 Å². The van der Waals surface area contributed by atoms with Gasteiger partial charge in [-0.05, 0) is 59.3 Å². The van der Waals surface area contributed by atoms with Gasteiger partial charge in [0.25, 0.3) is 0 Å². The predicted octanol–water partition coefficient (Wildman–Crippen LogP) is 4.25. The van der Waals surface area contributed by atoms with Gasteiger partial charge >= 0.3 is 0 Å². The number of hydrogen-bond acceptors (Lipinski definition) is 1. The second-order valence-electron chi connectivity index (χ2n) is 4.01. The molecule has 0 saturated heterocycles. The molecule has 0 aromatic heterocycles. The molecule has 0 bridgehead atoms. The van der Waals surface area contributed by atoms with Gasteiger partial charge in [-0.15, -0.1) is 0 Å². The summed E-state index contributed by atoms with van der Waals surface area (Å²) in [6.07, 6.45) is 0. The maximum Gasteiger partial charge on any atom is 0.197 e. The van der Waals surface area contributed by atoms with E-state index in [2.05, 4.69) is 0 Å². The smallest absolute Gasteiger partial charge is 0.197 e. The van der Waals surface area contributed by atoms with Crippen LogP contribution in [0.2, 0.25) is 0 Å². The number of carbonyl (C=O) groups excluding carboxylic acids is 1. The number of halogens is 4. The summed E-state index contributed by atoms with van der Waals surface area (Å²) in [7, 11) is 0. The van der Waals surface area contributed by atoms with Crippen molar-refractivity contribution in [3.63, 3.8) is 0 Å². The molecular formula is C14H8F3IO. The van der Waals surface area contributed by atoms with E-state index in [0.29, 0.717) is 3.57 Å². The van der Waals surface area contributed by atoms with Gasteiger partial charge in [-0.3, -0.25) is 4.79 Å². The van der Waals surface area contributed by atoms with Crippen molar-refractivity contribution in [1.82, 2.24) is 0 Å². The van der Waals surface area contributed by atoms with Crippen molar-refractivity contribution in [2.45, 2.75) is 6.92 Å². The number of rotatable bonds is 2. The number of aryl methyl sites for hydroxylation is 1. The Morgan fingerprint density at radius 1 is 1.00 bits per heavy atom. The van der Waals surface area contributed by atoms with E-state index in [-0.39, 0.29) is 16.7 Å². The summed E-state index contributed by atoms with van der Waals surface area (Å²) in [5.41, 5.74) is -0.0837. The fourth-order valence-corrected chi connectivity index (χ4v) is 2.36. The first-order valence-corrected chi connectivity index (χ1v) is 6.44. The zero-order valence-electron chi connectivity index (χ0n) is 9.81. The van der Waals surface area contributed by atoms with E-state index in [1.807, 2.05) is 0 Å². The number of carbonyl (C=O) groups is 1. The fourth-order valence-electron chi connectivity index (χ4n) is 1.64. The Balaban J connectivity index is 2.53. The first kappa shape index (κ1) is 14.0. The van der Waals surface area contributed by atoms with Crippen LogP contribution in [-0.2, 0) is 0 Å². The molecule has 0 fully saturated rings. The van der Waals surface area contributed by atoms with Crippen LogP contribution in [0.3, 0.4) is 0 Å². The molecule has 0 radical (unpaired) electrons. The molecule has 0 heterocycles. The molecular weight excluding hydrogens is 368 g/mol. The molecule has 19 heavy (non-hydrogen) atoms. The third-order valence-corrected chi connectivity index (χ3v) is 3.59. The molecule has 0 atom stereocenters. The van der Waals surface area contributed by atoms with Gasteiger partial charge in [0.1, 0.15) is 5.82 Å². The van der Waals surface area contributed by atoms with Crippen LogP contribution in [0.15, 0.2) is 30.3 Å². The Hall–Kier alpha value is -1.37. The third kappa shape index (κ3) is 2.65. The lowest BCUT2D eigenvalue weighted by Crippen LogP contribution is -2.08. The van der Waals surface area contributed by atoms with Gasteiger partial charge in [-0.1, -0.05) is 6.07 Å². The summed E-state index contributed by atoms with van der Waals surface area (Å²) in [4.78, 5) is 12.1. The van der Waals surface area contributed by atoms with Gasteiger partial charge in [0.15, 0.2) is 17.4 Å². The van der Waals surface area contributed by atoms with Crippen LogP contribution in [0, 0.1) is 27.9 Å². The normalized spacial score (nSPS) is 10.6. The quantitative estimate of drug-likeness (QED) is 0.566. The maximum atomic E-state index is 13.7. The lowest BCUT2D eigenvalue weighted by molar-refractivity contribution is 0.103. The molecule has 0 spiro atoms. The van der Waals surface area contributed by atoms with Crippen molar-refractivity contribution < 1.29 is 18.0 Å². The summed E-state index contributed by atoms with van der Waals surface area (Å²) in [5.74, 6) is -3.37. The van der Waals surface area contributed by atoms with Crippen LogP contribution >= 0.6 is 22.6 Å². The van der Waals surface area contributed by atoms with Crippen LogP contribution in [-0.4, -0.2) is 5.78 Å². The van der Waals surface area contributed by atoms with Crippen LogP contribution in [0.1, 0.15) is 21.5 Å². The predicted molar refractivity (Wildman–Crippen MR) is 73.6 cm³/mol. The lowest BCUT2D eigenvalue weighted by atomic mass is 10.0. The van der Waals surface area contributed by atoms with E-state index in [0.717, 1.165) is 12.1 Å². The molecule has 0 saturated carbocycles. The molecule has 0 amide bonds. The number of benzene rings is 2. The van der Waals surface area contributed by atoms with Gasteiger partial charge in [0.2, 0.25) is 0 Å². The standard InChI is InChI=1S/C14H8F3IO/c1-7-2-4-10(13(17)12(7)16)14(19)9-5-3-8(15)6-11(9)18/h2-6H,1H3. The number of hydrogen-bond donors (Lipinski definition) is 0. The third-order valence-electron chi connectivity index (χ3n) is 2.70. The van der Waals surface area contributed by atoms with Crippen molar-refractivity contribution in [1.29, 1.82) is 0 Å².